The Kier molecular flexibility index (Phi) is 4.44. The van der Waals surface area contributed by atoms with Crippen LogP contribution in [0.5, 0.6) is 0 Å². The summed E-state index contributed by atoms with van der Waals surface area (Å²) in [6, 6.07) is 9.92. The Morgan fingerprint density at radius 2 is 2.11 bits per heavy atom. The van der Waals surface area contributed by atoms with Crippen LogP contribution in [0.3, 0.4) is 0 Å². The number of hydrogen-bond acceptors (Lipinski definition) is 3. The predicted octanol–water partition coefficient (Wildman–Crippen LogP) is 2.03. The summed E-state index contributed by atoms with van der Waals surface area (Å²) in [5.74, 6) is 0.773. The molecule has 96 valence electrons. The van der Waals surface area contributed by atoms with Gasteiger partial charge in [-0.05, 0) is 5.56 Å². The number of carbonyl (C=O) groups excluding carboxylic acids is 1. The molecule has 0 aromatic heterocycles. The molecule has 1 aromatic carbocycles. The monoisotopic (exact) mass is 263 g/mol. The van der Waals surface area contributed by atoms with Crippen molar-refractivity contribution in [2.24, 2.45) is 0 Å². The second kappa shape index (κ2) is 6.07. The number of hydrogen-bond donors (Lipinski definition) is 1. The van der Waals surface area contributed by atoms with E-state index in [0.717, 1.165) is 11.3 Å². The van der Waals surface area contributed by atoms with Crippen molar-refractivity contribution in [1.29, 1.82) is 0 Å². The first-order chi connectivity index (χ1) is 8.72. The van der Waals surface area contributed by atoms with E-state index in [2.05, 4.69) is 6.58 Å². The Hall–Kier alpha value is -1.26. The van der Waals surface area contributed by atoms with Gasteiger partial charge in [-0.3, -0.25) is 4.79 Å². The molecule has 0 bridgehead atoms. The second-order valence-corrected chi connectivity index (χ2v) is 5.55. The van der Waals surface area contributed by atoms with Crippen LogP contribution in [0.1, 0.15) is 12.0 Å². The SMILES string of the molecule is C=C1C(SCCO)CC(=O)N1Cc1ccccc1. The number of thioether (sulfide) groups is 1. The predicted molar refractivity (Wildman–Crippen MR) is 74.1 cm³/mol. The van der Waals surface area contributed by atoms with Crippen molar-refractivity contribution < 1.29 is 9.90 Å². The van der Waals surface area contributed by atoms with Crippen molar-refractivity contribution in [2.45, 2.75) is 18.2 Å². The molecule has 0 spiro atoms. The minimum absolute atomic E-state index is 0.119. The van der Waals surface area contributed by atoms with Crippen LogP contribution >= 0.6 is 11.8 Å². The number of aliphatic hydroxyl groups is 1. The summed E-state index contributed by atoms with van der Waals surface area (Å²) >= 11 is 1.60. The quantitative estimate of drug-likeness (QED) is 0.883. The maximum Gasteiger partial charge on any atom is 0.228 e. The average Bonchev–Trinajstić information content (AvgIpc) is 2.65. The van der Waals surface area contributed by atoms with Gasteiger partial charge in [0.05, 0.1) is 18.4 Å². The van der Waals surface area contributed by atoms with E-state index in [4.69, 9.17) is 5.11 Å². The van der Waals surface area contributed by atoms with Gasteiger partial charge in [0.25, 0.3) is 0 Å². The molecular formula is C14H17NO2S. The Labute approximate surface area is 111 Å². The van der Waals surface area contributed by atoms with Crippen LogP contribution < -0.4 is 0 Å². The van der Waals surface area contributed by atoms with Crippen molar-refractivity contribution in [1.82, 2.24) is 4.90 Å². The number of amides is 1. The molecule has 3 nitrogen and oxygen atoms in total. The summed E-state index contributed by atoms with van der Waals surface area (Å²) in [5, 5.41) is 8.95. The number of benzene rings is 1. The maximum atomic E-state index is 12.0. The fraction of sp³-hybridized carbons (Fsp3) is 0.357. The van der Waals surface area contributed by atoms with E-state index in [1.165, 1.54) is 0 Å². The molecule has 1 amide bonds. The molecule has 1 saturated heterocycles. The highest BCUT2D eigenvalue weighted by atomic mass is 32.2. The molecule has 4 heteroatoms. The third-order valence-corrected chi connectivity index (χ3v) is 4.23. The van der Waals surface area contributed by atoms with Gasteiger partial charge in [0.2, 0.25) is 5.91 Å². The van der Waals surface area contributed by atoms with Crippen LogP contribution in [0.2, 0.25) is 0 Å². The topological polar surface area (TPSA) is 40.5 Å². The molecule has 1 aromatic rings. The summed E-state index contributed by atoms with van der Waals surface area (Å²) in [7, 11) is 0. The Bertz CT molecular complexity index is 433. The van der Waals surface area contributed by atoms with Gasteiger partial charge in [-0.1, -0.05) is 36.9 Å². The van der Waals surface area contributed by atoms with Crippen LogP contribution in [0.25, 0.3) is 0 Å². The summed E-state index contributed by atoms with van der Waals surface area (Å²) in [6.07, 6.45) is 0.496. The molecule has 1 heterocycles. The van der Waals surface area contributed by atoms with Gasteiger partial charge < -0.3 is 10.0 Å². The maximum absolute atomic E-state index is 12.0. The van der Waals surface area contributed by atoms with Gasteiger partial charge in [0.15, 0.2) is 0 Å². The Morgan fingerprint density at radius 1 is 1.39 bits per heavy atom. The van der Waals surface area contributed by atoms with Crippen molar-refractivity contribution >= 4 is 17.7 Å². The Morgan fingerprint density at radius 3 is 2.78 bits per heavy atom. The molecule has 1 aliphatic rings. The summed E-state index contributed by atoms with van der Waals surface area (Å²) < 4.78 is 0. The lowest BCUT2D eigenvalue weighted by Crippen LogP contribution is -2.22. The van der Waals surface area contributed by atoms with Crippen molar-refractivity contribution in [3.8, 4) is 0 Å². The lowest BCUT2D eigenvalue weighted by molar-refractivity contribution is -0.127. The van der Waals surface area contributed by atoms with Crippen LogP contribution in [-0.4, -0.2) is 33.5 Å². The van der Waals surface area contributed by atoms with Gasteiger partial charge in [0, 0.05) is 17.9 Å². The lowest BCUT2D eigenvalue weighted by Gasteiger charge is -2.19. The molecule has 1 aliphatic heterocycles. The molecule has 1 unspecified atom stereocenters. The van der Waals surface area contributed by atoms with E-state index in [-0.39, 0.29) is 17.8 Å². The van der Waals surface area contributed by atoms with Crippen molar-refractivity contribution in [3.05, 3.63) is 48.2 Å². The molecule has 1 N–H and O–H groups in total. The van der Waals surface area contributed by atoms with E-state index in [1.54, 1.807) is 16.7 Å². The van der Waals surface area contributed by atoms with E-state index in [1.807, 2.05) is 30.3 Å². The molecule has 2 rings (SSSR count). The van der Waals surface area contributed by atoms with Crippen molar-refractivity contribution in [3.63, 3.8) is 0 Å². The molecule has 0 saturated carbocycles. The zero-order valence-corrected chi connectivity index (χ0v) is 11.0. The summed E-state index contributed by atoms with van der Waals surface area (Å²) in [4.78, 5) is 13.7. The summed E-state index contributed by atoms with van der Waals surface area (Å²) in [6.45, 7) is 4.75. The fourth-order valence-corrected chi connectivity index (χ4v) is 3.00. The largest absolute Gasteiger partial charge is 0.396 e. The highest BCUT2D eigenvalue weighted by Crippen LogP contribution is 2.32. The zero-order chi connectivity index (χ0) is 13.0. The highest BCUT2D eigenvalue weighted by Gasteiger charge is 2.33. The fourth-order valence-electron chi connectivity index (χ4n) is 2.03. The van der Waals surface area contributed by atoms with Gasteiger partial charge in [0.1, 0.15) is 0 Å². The average molecular weight is 263 g/mol. The Balaban J connectivity index is 2.01. The van der Waals surface area contributed by atoms with Gasteiger partial charge >= 0.3 is 0 Å². The van der Waals surface area contributed by atoms with Gasteiger partial charge in [-0.25, -0.2) is 0 Å². The first-order valence-electron chi connectivity index (χ1n) is 5.98. The van der Waals surface area contributed by atoms with Gasteiger partial charge in [-0.15, -0.1) is 11.8 Å². The first kappa shape index (κ1) is 13.2. The third kappa shape index (κ3) is 2.94. The minimum atomic E-state index is 0.119. The number of aliphatic hydroxyl groups excluding tert-OH is 1. The number of rotatable bonds is 5. The number of nitrogens with zero attached hydrogens (tertiary/aromatic N) is 1. The number of carbonyl (C=O) groups is 1. The van der Waals surface area contributed by atoms with Gasteiger partial charge in [-0.2, -0.15) is 0 Å². The molecule has 0 aliphatic carbocycles. The molecule has 18 heavy (non-hydrogen) atoms. The highest BCUT2D eigenvalue weighted by molar-refractivity contribution is 8.00. The standard InChI is InChI=1S/C14H17NO2S/c1-11-13(18-8-7-16)9-14(17)15(11)10-12-5-3-2-4-6-12/h2-6,13,16H,1,7-10H2. The van der Waals surface area contributed by atoms with Crippen LogP contribution in [0.4, 0.5) is 0 Å². The second-order valence-electron chi connectivity index (χ2n) is 4.24. The minimum Gasteiger partial charge on any atom is -0.396 e. The van der Waals surface area contributed by atoms with E-state index in [9.17, 15) is 4.79 Å². The van der Waals surface area contributed by atoms with E-state index in [0.29, 0.717) is 18.7 Å². The molecular weight excluding hydrogens is 246 g/mol. The first-order valence-corrected chi connectivity index (χ1v) is 7.03. The van der Waals surface area contributed by atoms with Crippen molar-refractivity contribution in [2.75, 3.05) is 12.4 Å². The molecule has 1 atom stereocenters. The molecule has 0 radical (unpaired) electrons. The van der Waals surface area contributed by atoms with Crippen LogP contribution in [0.15, 0.2) is 42.6 Å². The van der Waals surface area contributed by atoms with Crippen LogP contribution in [0, 0.1) is 0 Å². The number of likely N-dealkylation sites (tertiary alicyclic amines) is 1. The third-order valence-electron chi connectivity index (χ3n) is 2.97. The summed E-state index contributed by atoms with van der Waals surface area (Å²) in [5.41, 5.74) is 1.97. The zero-order valence-electron chi connectivity index (χ0n) is 10.2. The van der Waals surface area contributed by atoms with Crippen LogP contribution in [-0.2, 0) is 11.3 Å². The smallest absolute Gasteiger partial charge is 0.228 e. The normalized spacial score (nSPS) is 19.6. The van der Waals surface area contributed by atoms with E-state index < -0.39 is 0 Å². The molecule has 1 fully saturated rings. The van der Waals surface area contributed by atoms with E-state index >= 15 is 0 Å². The lowest BCUT2D eigenvalue weighted by atomic mass is 10.2.